The lowest BCUT2D eigenvalue weighted by Gasteiger charge is -2.15. The third-order valence-corrected chi connectivity index (χ3v) is 5.30. The van der Waals surface area contributed by atoms with Gasteiger partial charge in [-0.2, -0.15) is 0 Å². The minimum absolute atomic E-state index is 0.0417. The summed E-state index contributed by atoms with van der Waals surface area (Å²) in [5, 5.41) is 8.23. The van der Waals surface area contributed by atoms with Crippen LogP contribution in [0.25, 0.3) is 0 Å². The molecule has 1 fully saturated rings. The van der Waals surface area contributed by atoms with Gasteiger partial charge in [-0.3, -0.25) is 9.59 Å². The summed E-state index contributed by atoms with van der Waals surface area (Å²) in [5.41, 5.74) is 2.06. The van der Waals surface area contributed by atoms with Gasteiger partial charge in [0.1, 0.15) is 0 Å². The van der Waals surface area contributed by atoms with E-state index in [9.17, 15) is 14.4 Å². The summed E-state index contributed by atoms with van der Waals surface area (Å²) in [6.07, 6.45) is 2.10. The van der Waals surface area contributed by atoms with Crippen molar-refractivity contribution in [3.05, 3.63) is 69.7 Å². The molecule has 1 heterocycles. The second-order valence-corrected chi connectivity index (χ2v) is 7.99. The first kappa shape index (κ1) is 21.8. The molecule has 1 aliphatic heterocycles. The molecule has 0 aromatic heterocycles. The Morgan fingerprint density at radius 1 is 0.867 bits per heavy atom. The molecule has 1 saturated heterocycles. The fourth-order valence-corrected chi connectivity index (χ4v) is 3.65. The molecule has 4 amide bonds. The molecule has 0 unspecified atom stereocenters. The molecule has 0 saturated carbocycles. The normalized spacial score (nSPS) is 13.0. The van der Waals surface area contributed by atoms with Crippen LogP contribution >= 0.6 is 15.9 Å². The molecule has 0 atom stereocenters. The lowest BCUT2D eigenvalue weighted by Crippen LogP contribution is -2.40. The van der Waals surface area contributed by atoms with Crippen molar-refractivity contribution in [1.82, 2.24) is 20.9 Å². The Hall–Kier alpha value is -2.87. The summed E-state index contributed by atoms with van der Waals surface area (Å²) < 4.78 is 0.832. The number of nitrogens with one attached hydrogen (secondary N) is 3. The standard InChI is InChI=1S/C22H25BrN4O3/c23-19-8-4-6-17(14-19)20(28)24-9-10-25-22(30)26-15-16-5-3-7-18(13-16)21(29)27-11-1-2-12-27/h3-8,13-14H,1-2,9-12,15H2,(H,24,28)(H2,25,26,30). The topological polar surface area (TPSA) is 90.5 Å². The van der Waals surface area contributed by atoms with Crippen molar-refractivity contribution >= 4 is 33.8 Å². The van der Waals surface area contributed by atoms with Gasteiger partial charge in [0, 0.05) is 48.3 Å². The van der Waals surface area contributed by atoms with Gasteiger partial charge in [0.05, 0.1) is 0 Å². The second kappa shape index (κ2) is 10.8. The second-order valence-electron chi connectivity index (χ2n) is 7.08. The average Bonchev–Trinajstić information content (AvgIpc) is 3.30. The largest absolute Gasteiger partial charge is 0.350 e. The Morgan fingerprint density at radius 2 is 1.57 bits per heavy atom. The van der Waals surface area contributed by atoms with Crippen molar-refractivity contribution in [3.8, 4) is 0 Å². The van der Waals surface area contributed by atoms with Crippen LogP contribution in [0.4, 0.5) is 4.79 Å². The van der Waals surface area contributed by atoms with Crippen LogP contribution in [0.3, 0.4) is 0 Å². The molecule has 2 aromatic rings. The van der Waals surface area contributed by atoms with E-state index in [1.807, 2.05) is 29.2 Å². The molecule has 158 valence electrons. The Balaban J connectivity index is 1.38. The van der Waals surface area contributed by atoms with Crippen molar-refractivity contribution in [2.45, 2.75) is 19.4 Å². The fraction of sp³-hybridized carbons (Fsp3) is 0.318. The quantitative estimate of drug-likeness (QED) is 0.541. The van der Waals surface area contributed by atoms with E-state index in [1.54, 1.807) is 24.3 Å². The molecule has 0 radical (unpaired) electrons. The van der Waals surface area contributed by atoms with Gasteiger partial charge in [0.15, 0.2) is 0 Å². The maximum absolute atomic E-state index is 12.5. The molecule has 3 rings (SSSR count). The zero-order valence-electron chi connectivity index (χ0n) is 16.6. The Morgan fingerprint density at radius 3 is 2.33 bits per heavy atom. The number of hydrogen-bond acceptors (Lipinski definition) is 3. The van der Waals surface area contributed by atoms with Gasteiger partial charge in [0.25, 0.3) is 11.8 Å². The van der Waals surface area contributed by atoms with E-state index in [4.69, 9.17) is 0 Å². The summed E-state index contributed by atoms with van der Waals surface area (Å²) in [7, 11) is 0. The highest BCUT2D eigenvalue weighted by molar-refractivity contribution is 9.10. The maximum atomic E-state index is 12.5. The van der Waals surface area contributed by atoms with Crippen LogP contribution in [0.5, 0.6) is 0 Å². The Bertz CT molecular complexity index is 913. The first-order valence-corrected chi connectivity index (χ1v) is 10.8. The van der Waals surface area contributed by atoms with E-state index in [1.165, 1.54) is 0 Å². The minimum Gasteiger partial charge on any atom is -0.350 e. The van der Waals surface area contributed by atoms with Crippen LogP contribution < -0.4 is 16.0 Å². The lowest BCUT2D eigenvalue weighted by molar-refractivity contribution is 0.0792. The first-order chi connectivity index (χ1) is 14.5. The molecular weight excluding hydrogens is 448 g/mol. The molecule has 1 aliphatic rings. The van der Waals surface area contributed by atoms with Crippen LogP contribution in [0.15, 0.2) is 53.0 Å². The smallest absolute Gasteiger partial charge is 0.315 e. The molecule has 0 aliphatic carbocycles. The molecule has 2 aromatic carbocycles. The number of carbonyl (C=O) groups is 3. The Labute approximate surface area is 184 Å². The zero-order valence-corrected chi connectivity index (χ0v) is 18.2. The number of benzene rings is 2. The highest BCUT2D eigenvalue weighted by Crippen LogP contribution is 2.14. The third kappa shape index (κ3) is 6.32. The van der Waals surface area contributed by atoms with E-state index < -0.39 is 0 Å². The summed E-state index contributed by atoms with van der Waals surface area (Å²) >= 11 is 3.33. The molecule has 3 N–H and O–H groups in total. The fourth-order valence-electron chi connectivity index (χ4n) is 3.25. The van der Waals surface area contributed by atoms with Crippen molar-refractivity contribution in [2.75, 3.05) is 26.2 Å². The predicted octanol–water partition coefficient (Wildman–Crippen LogP) is 2.91. The van der Waals surface area contributed by atoms with Crippen LogP contribution in [-0.4, -0.2) is 48.9 Å². The molecule has 0 bridgehead atoms. The number of urea groups is 1. The van der Waals surface area contributed by atoms with Gasteiger partial charge in [0.2, 0.25) is 0 Å². The van der Waals surface area contributed by atoms with E-state index in [0.29, 0.717) is 30.8 Å². The number of hydrogen-bond donors (Lipinski definition) is 3. The van der Waals surface area contributed by atoms with Gasteiger partial charge in [-0.1, -0.05) is 34.1 Å². The monoisotopic (exact) mass is 472 g/mol. The Kier molecular flexibility index (Phi) is 7.84. The molecule has 30 heavy (non-hydrogen) atoms. The van der Waals surface area contributed by atoms with Crippen LogP contribution in [0.2, 0.25) is 0 Å². The van der Waals surface area contributed by atoms with Gasteiger partial charge in [-0.15, -0.1) is 0 Å². The van der Waals surface area contributed by atoms with Gasteiger partial charge < -0.3 is 20.9 Å². The lowest BCUT2D eigenvalue weighted by atomic mass is 10.1. The zero-order chi connectivity index (χ0) is 21.3. The first-order valence-electron chi connectivity index (χ1n) is 9.96. The number of amides is 4. The summed E-state index contributed by atoms with van der Waals surface area (Å²) in [4.78, 5) is 38.4. The third-order valence-electron chi connectivity index (χ3n) is 4.80. The van der Waals surface area contributed by atoms with Crippen molar-refractivity contribution < 1.29 is 14.4 Å². The highest BCUT2D eigenvalue weighted by atomic mass is 79.9. The number of likely N-dealkylation sites (tertiary alicyclic amines) is 1. The SMILES string of the molecule is O=C(NCCNC(=O)c1cccc(Br)c1)NCc1cccc(C(=O)N2CCCC2)c1. The van der Waals surface area contributed by atoms with Gasteiger partial charge >= 0.3 is 6.03 Å². The number of carbonyl (C=O) groups excluding carboxylic acids is 3. The molecule has 8 heteroatoms. The van der Waals surface area contributed by atoms with Crippen LogP contribution in [-0.2, 0) is 6.54 Å². The summed E-state index contributed by atoms with van der Waals surface area (Å²) in [6, 6.07) is 14.1. The van der Waals surface area contributed by atoms with E-state index >= 15 is 0 Å². The molecule has 0 spiro atoms. The van der Waals surface area contributed by atoms with E-state index in [-0.39, 0.29) is 17.8 Å². The summed E-state index contributed by atoms with van der Waals surface area (Å²) in [6.45, 7) is 2.55. The van der Waals surface area contributed by atoms with Crippen molar-refractivity contribution in [1.29, 1.82) is 0 Å². The number of nitrogens with zero attached hydrogens (tertiary/aromatic N) is 1. The van der Waals surface area contributed by atoms with E-state index in [2.05, 4.69) is 31.9 Å². The van der Waals surface area contributed by atoms with E-state index in [0.717, 1.165) is 36.0 Å². The molecule has 7 nitrogen and oxygen atoms in total. The summed E-state index contributed by atoms with van der Waals surface area (Å²) in [5.74, 6) is -0.155. The predicted molar refractivity (Wildman–Crippen MR) is 118 cm³/mol. The van der Waals surface area contributed by atoms with Gasteiger partial charge in [-0.05, 0) is 48.7 Å². The minimum atomic E-state index is -0.331. The number of rotatable bonds is 7. The van der Waals surface area contributed by atoms with Gasteiger partial charge in [-0.25, -0.2) is 4.79 Å². The maximum Gasteiger partial charge on any atom is 0.315 e. The highest BCUT2D eigenvalue weighted by Gasteiger charge is 2.19. The van der Waals surface area contributed by atoms with Crippen LogP contribution in [0.1, 0.15) is 39.1 Å². The average molecular weight is 473 g/mol. The number of halogens is 1. The van der Waals surface area contributed by atoms with Crippen molar-refractivity contribution in [2.24, 2.45) is 0 Å². The molecular formula is C22H25BrN4O3. The van der Waals surface area contributed by atoms with Crippen molar-refractivity contribution in [3.63, 3.8) is 0 Å². The van der Waals surface area contributed by atoms with Crippen LogP contribution in [0, 0.1) is 0 Å².